The topological polar surface area (TPSA) is 101 Å². The number of allylic oxidation sites excluding steroid dienone is 5. The first-order chi connectivity index (χ1) is 12.5. The van der Waals surface area contributed by atoms with Gasteiger partial charge in [-0.3, -0.25) is 0 Å². The molecule has 0 amide bonds. The van der Waals surface area contributed by atoms with Gasteiger partial charge in [0.25, 0.3) is 0 Å². The van der Waals surface area contributed by atoms with Crippen LogP contribution in [0.2, 0.25) is 0 Å². The van der Waals surface area contributed by atoms with E-state index in [1.165, 1.54) is 10.9 Å². The lowest BCUT2D eigenvalue weighted by atomic mass is 10.1. The summed E-state index contributed by atoms with van der Waals surface area (Å²) in [6, 6.07) is 0. The molecule has 3 heterocycles. The van der Waals surface area contributed by atoms with Crippen molar-refractivity contribution < 1.29 is 24.4 Å². The highest BCUT2D eigenvalue weighted by atomic mass is 19.1. The summed E-state index contributed by atoms with van der Waals surface area (Å²) in [7, 11) is 0. The predicted molar refractivity (Wildman–Crippen MR) is 93.5 cm³/mol. The lowest BCUT2D eigenvalue weighted by molar-refractivity contribution is -0.0510. The van der Waals surface area contributed by atoms with Crippen molar-refractivity contribution in [3.8, 4) is 0 Å². The van der Waals surface area contributed by atoms with Crippen molar-refractivity contribution >= 4 is 16.6 Å². The van der Waals surface area contributed by atoms with Crippen molar-refractivity contribution in [1.82, 2.24) is 14.5 Å². The van der Waals surface area contributed by atoms with E-state index in [-0.39, 0.29) is 11.0 Å². The van der Waals surface area contributed by atoms with E-state index in [1.807, 2.05) is 19.1 Å². The van der Waals surface area contributed by atoms with Crippen LogP contribution in [0.4, 0.5) is 4.39 Å². The lowest BCUT2D eigenvalue weighted by Crippen LogP contribution is -2.33. The summed E-state index contributed by atoms with van der Waals surface area (Å²) in [4.78, 5) is 8.21. The second-order valence-corrected chi connectivity index (χ2v) is 5.94. The highest BCUT2D eigenvalue weighted by molar-refractivity contribution is 5.91. The number of hydrogen-bond acceptors (Lipinski definition) is 6. The van der Waals surface area contributed by atoms with E-state index >= 15 is 0 Å². The van der Waals surface area contributed by atoms with E-state index in [4.69, 9.17) is 4.74 Å². The summed E-state index contributed by atoms with van der Waals surface area (Å²) in [5.74, 6) is -0.603. The summed E-state index contributed by atoms with van der Waals surface area (Å²) >= 11 is 0. The van der Waals surface area contributed by atoms with Crippen LogP contribution in [0.3, 0.4) is 0 Å². The summed E-state index contributed by atoms with van der Waals surface area (Å²) in [6.45, 7) is 5.31. The third kappa shape index (κ3) is 3.08. The van der Waals surface area contributed by atoms with Crippen LogP contribution in [0, 0.1) is 5.82 Å². The fourth-order valence-electron chi connectivity index (χ4n) is 2.95. The zero-order chi connectivity index (χ0) is 18.8. The molecule has 138 valence electrons. The molecule has 0 bridgehead atoms. The SMILES string of the molecule is C=C(/C=C\C=C/C)c1ncnc2c1c(F)cn2[C@@H]1O[C@H](CO)[C@@H](O)[C@H]1O. The van der Waals surface area contributed by atoms with E-state index < -0.39 is 37.0 Å². The number of halogens is 1. The summed E-state index contributed by atoms with van der Waals surface area (Å²) in [6.07, 6.45) is 4.85. The molecule has 1 fully saturated rings. The zero-order valence-electron chi connectivity index (χ0n) is 14.2. The van der Waals surface area contributed by atoms with E-state index in [9.17, 15) is 19.7 Å². The number of ether oxygens (including phenoxy) is 1. The average molecular weight is 361 g/mol. The van der Waals surface area contributed by atoms with E-state index in [2.05, 4.69) is 16.5 Å². The predicted octanol–water partition coefficient (Wildman–Crippen LogP) is 1.33. The molecule has 3 N–H and O–H groups in total. The van der Waals surface area contributed by atoms with Gasteiger partial charge in [0.2, 0.25) is 0 Å². The monoisotopic (exact) mass is 361 g/mol. The first kappa shape index (κ1) is 18.4. The van der Waals surface area contributed by atoms with Gasteiger partial charge in [0.15, 0.2) is 12.0 Å². The first-order valence-electron chi connectivity index (χ1n) is 8.11. The minimum atomic E-state index is -1.33. The average Bonchev–Trinajstić information content (AvgIpc) is 3.12. The second-order valence-electron chi connectivity index (χ2n) is 5.94. The van der Waals surface area contributed by atoms with E-state index in [0.717, 1.165) is 6.20 Å². The van der Waals surface area contributed by atoms with Gasteiger partial charge < -0.3 is 24.6 Å². The maximum absolute atomic E-state index is 14.6. The van der Waals surface area contributed by atoms with Crippen LogP contribution in [-0.2, 0) is 4.74 Å². The Hall–Kier alpha value is -2.39. The molecule has 2 aromatic rings. The largest absolute Gasteiger partial charge is 0.394 e. The minimum absolute atomic E-state index is 0.139. The van der Waals surface area contributed by atoms with Crippen LogP contribution in [0.25, 0.3) is 16.6 Å². The first-order valence-corrected chi connectivity index (χ1v) is 8.11. The van der Waals surface area contributed by atoms with Crippen LogP contribution in [0.15, 0.2) is 43.4 Å². The molecule has 0 aliphatic carbocycles. The Morgan fingerprint density at radius 1 is 1.35 bits per heavy atom. The number of aliphatic hydroxyl groups is 3. The third-order valence-electron chi connectivity index (χ3n) is 4.26. The lowest BCUT2D eigenvalue weighted by Gasteiger charge is -2.17. The Morgan fingerprint density at radius 2 is 2.12 bits per heavy atom. The molecule has 0 radical (unpaired) electrons. The van der Waals surface area contributed by atoms with Crippen molar-refractivity contribution in [3.05, 3.63) is 54.9 Å². The van der Waals surface area contributed by atoms with Gasteiger partial charge in [0.1, 0.15) is 30.3 Å². The molecule has 1 saturated heterocycles. The Kier molecular flexibility index (Phi) is 5.28. The molecule has 7 nitrogen and oxygen atoms in total. The highest BCUT2D eigenvalue weighted by Crippen LogP contribution is 2.34. The van der Waals surface area contributed by atoms with Crippen LogP contribution in [-0.4, -0.2) is 54.8 Å². The molecule has 26 heavy (non-hydrogen) atoms. The number of aromatic nitrogens is 3. The summed E-state index contributed by atoms with van der Waals surface area (Å²) in [5, 5.41) is 29.5. The van der Waals surface area contributed by atoms with Gasteiger partial charge in [0, 0.05) is 6.20 Å². The van der Waals surface area contributed by atoms with Gasteiger partial charge >= 0.3 is 0 Å². The van der Waals surface area contributed by atoms with Gasteiger partial charge in [-0.15, -0.1) is 0 Å². The number of aliphatic hydroxyl groups excluding tert-OH is 3. The summed E-state index contributed by atoms with van der Waals surface area (Å²) in [5.41, 5.74) is 1.01. The minimum Gasteiger partial charge on any atom is -0.394 e. The van der Waals surface area contributed by atoms with Gasteiger partial charge in [0.05, 0.1) is 17.7 Å². The van der Waals surface area contributed by atoms with Crippen LogP contribution in [0.1, 0.15) is 18.8 Å². The molecule has 0 aromatic carbocycles. The van der Waals surface area contributed by atoms with E-state index in [0.29, 0.717) is 11.3 Å². The van der Waals surface area contributed by atoms with Crippen molar-refractivity contribution in [2.45, 2.75) is 31.5 Å². The molecule has 3 rings (SSSR count). The molecule has 8 heteroatoms. The smallest absolute Gasteiger partial charge is 0.164 e. The molecule has 4 atom stereocenters. The number of nitrogens with zero attached hydrogens (tertiary/aromatic N) is 3. The third-order valence-corrected chi connectivity index (χ3v) is 4.26. The molecule has 2 aromatic heterocycles. The zero-order valence-corrected chi connectivity index (χ0v) is 14.2. The Labute approximate surface area is 149 Å². The Bertz CT molecular complexity index is 877. The van der Waals surface area contributed by atoms with Crippen molar-refractivity contribution in [3.63, 3.8) is 0 Å². The number of rotatable bonds is 5. The molecule has 0 unspecified atom stereocenters. The van der Waals surface area contributed by atoms with Gasteiger partial charge in [-0.05, 0) is 12.5 Å². The maximum atomic E-state index is 14.6. The van der Waals surface area contributed by atoms with E-state index in [1.54, 1.807) is 12.2 Å². The molecule has 0 saturated carbocycles. The van der Waals surface area contributed by atoms with Crippen LogP contribution >= 0.6 is 0 Å². The van der Waals surface area contributed by atoms with Crippen molar-refractivity contribution in [2.24, 2.45) is 0 Å². The Balaban J connectivity index is 2.05. The maximum Gasteiger partial charge on any atom is 0.164 e. The number of fused-ring (bicyclic) bond motifs is 1. The second kappa shape index (κ2) is 7.46. The molecule has 0 spiro atoms. The highest BCUT2D eigenvalue weighted by Gasteiger charge is 2.44. The molecular formula is C18H20FN3O4. The fraction of sp³-hybridized carbons (Fsp3) is 0.333. The van der Waals surface area contributed by atoms with Crippen LogP contribution in [0.5, 0.6) is 0 Å². The Morgan fingerprint density at radius 3 is 2.77 bits per heavy atom. The van der Waals surface area contributed by atoms with Gasteiger partial charge in [-0.1, -0.05) is 30.9 Å². The molecular weight excluding hydrogens is 341 g/mol. The van der Waals surface area contributed by atoms with Crippen molar-refractivity contribution in [2.75, 3.05) is 6.61 Å². The number of hydrogen-bond donors (Lipinski definition) is 3. The van der Waals surface area contributed by atoms with Crippen LogP contribution < -0.4 is 0 Å². The quantitative estimate of drug-likeness (QED) is 0.695. The molecule has 1 aliphatic heterocycles. The standard InChI is InChI=1S/C18H20FN3O4/c1-3-4-5-6-10(2)14-13-11(19)7-22(17(13)21-9-20-14)18-16(25)15(24)12(8-23)26-18/h3-7,9,12,15-16,18,23-25H,2,8H2,1H3/b4-3-,6-5-/t12-,15-,16-,18-/m1/s1. The van der Waals surface area contributed by atoms with Gasteiger partial charge in [-0.25, -0.2) is 14.4 Å². The van der Waals surface area contributed by atoms with Crippen molar-refractivity contribution in [1.29, 1.82) is 0 Å². The van der Waals surface area contributed by atoms with Gasteiger partial charge in [-0.2, -0.15) is 0 Å². The summed E-state index contributed by atoms with van der Waals surface area (Å²) < 4.78 is 21.4. The fourth-order valence-corrected chi connectivity index (χ4v) is 2.95. The normalized spacial score (nSPS) is 26.5. The molecule has 1 aliphatic rings.